The van der Waals surface area contributed by atoms with E-state index in [4.69, 9.17) is 9.15 Å². The lowest BCUT2D eigenvalue weighted by atomic mass is 10.1. The summed E-state index contributed by atoms with van der Waals surface area (Å²) in [6, 6.07) is 9.79. The number of piperazine rings is 1. The number of aryl methyl sites for hydroxylation is 1. The molecule has 0 N–H and O–H groups in total. The van der Waals surface area contributed by atoms with Crippen LogP contribution < -0.4 is 10.4 Å². The van der Waals surface area contributed by atoms with Gasteiger partial charge in [-0.05, 0) is 36.1 Å². The molecule has 0 spiro atoms. The van der Waals surface area contributed by atoms with Crippen LogP contribution in [-0.4, -0.2) is 56.3 Å². The van der Waals surface area contributed by atoms with E-state index >= 15 is 0 Å². The minimum Gasteiger partial charge on any atom is -0.484 e. The van der Waals surface area contributed by atoms with Gasteiger partial charge < -0.3 is 14.1 Å². The standard InChI is InChI=1S/C20H20N2O6S2/c1-14-11-19(24)28-17-12-15(4-5-16(14)17)27-13-18(23)21-6-8-22(9-7-21)30(25,26)20-3-2-10-29-20/h2-5,10-12H,6-9,13H2,1H3. The molecule has 1 amide bonds. The van der Waals surface area contributed by atoms with Crippen molar-refractivity contribution in [1.29, 1.82) is 0 Å². The highest BCUT2D eigenvalue weighted by atomic mass is 32.2. The topological polar surface area (TPSA) is 97.1 Å². The molecule has 3 aromatic rings. The number of rotatable bonds is 5. The van der Waals surface area contributed by atoms with Crippen molar-refractivity contribution in [3.8, 4) is 5.75 Å². The van der Waals surface area contributed by atoms with Gasteiger partial charge in [0.05, 0.1) is 0 Å². The van der Waals surface area contributed by atoms with E-state index in [2.05, 4.69) is 0 Å². The van der Waals surface area contributed by atoms with Crippen molar-refractivity contribution in [1.82, 2.24) is 9.21 Å². The molecular formula is C20H20N2O6S2. The Bertz CT molecular complexity index is 1230. The van der Waals surface area contributed by atoms with Crippen molar-refractivity contribution >= 4 is 38.2 Å². The molecule has 0 bridgehead atoms. The number of hydrogen-bond donors (Lipinski definition) is 0. The summed E-state index contributed by atoms with van der Waals surface area (Å²) in [6.45, 7) is 2.73. The lowest BCUT2D eigenvalue weighted by Crippen LogP contribution is -2.51. The summed E-state index contributed by atoms with van der Waals surface area (Å²) in [6.07, 6.45) is 0. The van der Waals surface area contributed by atoms with Crippen LogP contribution in [-0.2, 0) is 14.8 Å². The molecule has 0 atom stereocenters. The Kier molecular flexibility index (Phi) is 5.63. The van der Waals surface area contributed by atoms with E-state index < -0.39 is 15.6 Å². The monoisotopic (exact) mass is 448 g/mol. The van der Waals surface area contributed by atoms with Crippen molar-refractivity contribution in [2.75, 3.05) is 32.8 Å². The minimum atomic E-state index is -3.50. The highest BCUT2D eigenvalue weighted by Crippen LogP contribution is 2.23. The van der Waals surface area contributed by atoms with E-state index in [1.807, 2.05) is 6.92 Å². The minimum absolute atomic E-state index is 0.181. The Morgan fingerprint density at radius 1 is 1.17 bits per heavy atom. The summed E-state index contributed by atoms with van der Waals surface area (Å²) in [4.78, 5) is 25.6. The summed E-state index contributed by atoms with van der Waals surface area (Å²) >= 11 is 1.18. The predicted molar refractivity (Wildman–Crippen MR) is 112 cm³/mol. The Labute approximate surface area is 177 Å². The molecule has 0 radical (unpaired) electrons. The number of fused-ring (bicyclic) bond motifs is 1. The smallest absolute Gasteiger partial charge is 0.336 e. The third-order valence-corrected chi connectivity index (χ3v) is 8.24. The quantitative estimate of drug-likeness (QED) is 0.555. The van der Waals surface area contributed by atoms with Gasteiger partial charge in [-0.2, -0.15) is 4.31 Å². The molecule has 1 fully saturated rings. The van der Waals surface area contributed by atoms with Crippen LogP contribution in [0.1, 0.15) is 5.56 Å². The maximum absolute atomic E-state index is 12.6. The molecule has 1 saturated heterocycles. The van der Waals surface area contributed by atoms with E-state index in [0.29, 0.717) is 28.6 Å². The van der Waals surface area contributed by atoms with Crippen LogP contribution in [0.25, 0.3) is 11.0 Å². The van der Waals surface area contributed by atoms with Crippen molar-refractivity contribution < 1.29 is 22.4 Å². The number of benzene rings is 1. The fourth-order valence-electron chi connectivity index (χ4n) is 3.35. The molecular weight excluding hydrogens is 428 g/mol. The summed E-state index contributed by atoms with van der Waals surface area (Å²) in [5, 5.41) is 2.53. The lowest BCUT2D eigenvalue weighted by Gasteiger charge is -2.33. The molecule has 0 saturated carbocycles. The second-order valence-corrected chi connectivity index (χ2v) is 10.0. The zero-order valence-electron chi connectivity index (χ0n) is 16.2. The van der Waals surface area contributed by atoms with Crippen LogP contribution in [0.3, 0.4) is 0 Å². The number of carbonyl (C=O) groups excluding carboxylic acids is 1. The molecule has 3 heterocycles. The third kappa shape index (κ3) is 4.11. The van der Waals surface area contributed by atoms with Crippen molar-refractivity contribution in [3.05, 3.63) is 57.8 Å². The zero-order valence-corrected chi connectivity index (χ0v) is 17.9. The number of thiophene rings is 1. The SMILES string of the molecule is Cc1cc(=O)oc2cc(OCC(=O)N3CCN(S(=O)(=O)c4cccs4)CC3)ccc12. The van der Waals surface area contributed by atoms with Crippen molar-refractivity contribution in [3.63, 3.8) is 0 Å². The Balaban J connectivity index is 1.35. The molecule has 0 aliphatic carbocycles. The summed E-state index contributed by atoms with van der Waals surface area (Å²) < 4.78 is 37.6. The van der Waals surface area contributed by atoms with Gasteiger partial charge in [0.2, 0.25) is 0 Å². The number of carbonyl (C=O) groups is 1. The van der Waals surface area contributed by atoms with E-state index in [9.17, 15) is 18.0 Å². The van der Waals surface area contributed by atoms with Gasteiger partial charge in [-0.15, -0.1) is 11.3 Å². The van der Waals surface area contributed by atoms with Gasteiger partial charge in [-0.1, -0.05) is 6.07 Å². The van der Waals surface area contributed by atoms with Gasteiger partial charge in [0.15, 0.2) is 6.61 Å². The molecule has 1 aromatic carbocycles. The van der Waals surface area contributed by atoms with Gasteiger partial charge in [0.25, 0.3) is 15.9 Å². The largest absolute Gasteiger partial charge is 0.484 e. The highest BCUT2D eigenvalue weighted by molar-refractivity contribution is 7.91. The van der Waals surface area contributed by atoms with Crippen LogP contribution >= 0.6 is 11.3 Å². The number of sulfonamides is 1. The number of amides is 1. The van der Waals surface area contributed by atoms with E-state index in [0.717, 1.165) is 10.9 Å². The van der Waals surface area contributed by atoms with Crippen molar-refractivity contribution in [2.45, 2.75) is 11.1 Å². The second-order valence-electron chi connectivity index (χ2n) is 6.91. The van der Waals surface area contributed by atoms with E-state index in [1.54, 1.807) is 40.6 Å². The average Bonchev–Trinajstić information content (AvgIpc) is 3.27. The average molecular weight is 449 g/mol. The number of nitrogens with zero attached hydrogens (tertiary/aromatic N) is 2. The van der Waals surface area contributed by atoms with Crippen LogP contribution in [0.5, 0.6) is 5.75 Å². The first-order valence-corrected chi connectivity index (χ1v) is 11.7. The zero-order chi connectivity index (χ0) is 21.3. The molecule has 10 heteroatoms. The van der Waals surface area contributed by atoms with Crippen LogP contribution in [0, 0.1) is 6.92 Å². The molecule has 0 unspecified atom stereocenters. The fraction of sp³-hybridized carbons (Fsp3) is 0.300. The van der Waals surface area contributed by atoms with Gasteiger partial charge in [0.1, 0.15) is 15.5 Å². The van der Waals surface area contributed by atoms with E-state index in [-0.39, 0.29) is 25.6 Å². The van der Waals surface area contributed by atoms with Gasteiger partial charge in [-0.25, -0.2) is 13.2 Å². The van der Waals surface area contributed by atoms with Crippen LogP contribution in [0.15, 0.2) is 55.2 Å². The van der Waals surface area contributed by atoms with E-state index in [1.165, 1.54) is 21.7 Å². The summed E-state index contributed by atoms with van der Waals surface area (Å²) in [5.74, 6) is 0.192. The lowest BCUT2D eigenvalue weighted by molar-refractivity contribution is -0.134. The molecule has 1 aliphatic heterocycles. The van der Waals surface area contributed by atoms with Gasteiger partial charge in [0, 0.05) is 43.7 Å². The van der Waals surface area contributed by atoms with Crippen LogP contribution in [0.2, 0.25) is 0 Å². The molecule has 158 valence electrons. The Morgan fingerprint density at radius 2 is 1.93 bits per heavy atom. The first-order chi connectivity index (χ1) is 14.3. The second kappa shape index (κ2) is 8.21. The Hall–Kier alpha value is -2.69. The molecule has 4 rings (SSSR count). The first kappa shape index (κ1) is 20.6. The summed E-state index contributed by atoms with van der Waals surface area (Å²) in [5.41, 5.74) is 0.764. The fourth-order valence-corrected chi connectivity index (χ4v) is 5.91. The molecule has 8 nitrogen and oxygen atoms in total. The molecule has 2 aromatic heterocycles. The number of ether oxygens (including phenoxy) is 1. The normalized spacial score (nSPS) is 15.4. The van der Waals surface area contributed by atoms with Gasteiger partial charge >= 0.3 is 5.63 Å². The Morgan fingerprint density at radius 3 is 2.63 bits per heavy atom. The summed E-state index contributed by atoms with van der Waals surface area (Å²) in [7, 11) is -3.50. The number of hydrogen-bond acceptors (Lipinski definition) is 7. The molecule has 30 heavy (non-hydrogen) atoms. The van der Waals surface area contributed by atoms with Gasteiger partial charge in [-0.3, -0.25) is 4.79 Å². The van der Waals surface area contributed by atoms with Crippen LogP contribution in [0.4, 0.5) is 0 Å². The molecule has 1 aliphatic rings. The van der Waals surface area contributed by atoms with Crippen molar-refractivity contribution in [2.24, 2.45) is 0 Å². The maximum Gasteiger partial charge on any atom is 0.336 e. The predicted octanol–water partition coefficient (Wildman–Crippen LogP) is 2.07. The maximum atomic E-state index is 12.6. The third-order valence-electron chi connectivity index (χ3n) is 4.97. The first-order valence-electron chi connectivity index (χ1n) is 9.33. The highest BCUT2D eigenvalue weighted by Gasteiger charge is 2.30.